The van der Waals surface area contributed by atoms with Crippen LogP contribution in [0.2, 0.25) is 0 Å². The zero-order valence-corrected chi connectivity index (χ0v) is 9.76. The van der Waals surface area contributed by atoms with Crippen molar-refractivity contribution in [2.45, 2.75) is 18.6 Å². The molecular formula is C11H7ClF3N3. The van der Waals surface area contributed by atoms with Crippen molar-refractivity contribution in [2.75, 3.05) is 0 Å². The van der Waals surface area contributed by atoms with E-state index in [1.54, 1.807) is 0 Å². The molecular weight excluding hydrogens is 267 g/mol. The normalized spacial score (nSPS) is 11.7. The highest BCUT2D eigenvalue weighted by Crippen LogP contribution is 2.25. The van der Waals surface area contributed by atoms with E-state index in [0.29, 0.717) is 5.52 Å². The molecule has 0 amide bonds. The van der Waals surface area contributed by atoms with Crippen LogP contribution in [-0.4, -0.2) is 15.7 Å². The fourth-order valence-electron chi connectivity index (χ4n) is 1.70. The maximum atomic E-state index is 12.5. The third kappa shape index (κ3) is 2.41. The number of fused-ring (bicyclic) bond motifs is 1. The van der Waals surface area contributed by atoms with Crippen LogP contribution in [0, 0.1) is 11.3 Å². The average Bonchev–Trinajstić information content (AvgIpc) is 2.64. The van der Waals surface area contributed by atoms with Gasteiger partial charge in [0.2, 0.25) is 0 Å². The maximum absolute atomic E-state index is 12.5. The molecule has 0 unspecified atom stereocenters. The summed E-state index contributed by atoms with van der Waals surface area (Å²) in [6.45, 7) is -1.17. The molecule has 2 aromatic rings. The summed E-state index contributed by atoms with van der Waals surface area (Å²) in [5.41, 5.74) is 0.947. The first-order valence-corrected chi connectivity index (χ1v) is 5.50. The zero-order chi connectivity index (χ0) is 13.3. The highest BCUT2D eigenvalue weighted by atomic mass is 35.5. The molecule has 1 heterocycles. The van der Waals surface area contributed by atoms with Crippen LogP contribution in [0.15, 0.2) is 18.2 Å². The second-order valence-corrected chi connectivity index (χ2v) is 3.95. The van der Waals surface area contributed by atoms with E-state index in [1.807, 2.05) is 6.07 Å². The molecule has 3 nitrogen and oxygen atoms in total. The Morgan fingerprint density at radius 1 is 1.39 bits per heavy atom. The van der Waals surface area contributed by atoms with Crippen LogP contribution in [0.3, 0.4) is 0 Å². The molecule has 0 aliphatic carbocycles. The molecule has 0 N–H and O–H groups in total. The van der Waals surface area contributed by atoms with Crippen molar-refractivity contribution >= 4 is 22.6 Å². The zero-order valence-electron chi connectivity index (χ0n) is 9.00. The van der Waals surface area contributed by atoms with Crippen LogP contribution in [0.4, 0.5) is 13.2 Å². The first-order valence-electron chi connectivity index (χ1n) is 4.96. The Kier molecular flexibility index (Phi) is 3.18. The molecule has 0 fully saturated rings. The Hall–Kier alpha value is -1.74. The van der Waals surface area contributed by atoms with Gasteiger partial charge in [-0.1, -0.05) is 0 Å². The summed E-state index contributed by atoms with van der Waals surface area (Å²) in [7, 11) is 0. The topological polar surface area (TPSA) is 41.6 Å². The minimum atomic E-state index is -4.36. The van der Waals surface area contributed by atoms with Crippen molar-refractivity contribution in [3.8, 4) is 6.07 Å². The van der Waals surface area contributed by atoms with E-state index >= 15 is 0 Å². The predicted octanol–water partition coefficient (Wildman–Crippen LogP) is 3.21. The van der Waals surface area contributed by atoms with Crippen LogP contribution in [0.25, 0.3) is 11.0 Å². The molecule has 0 saturated carbocycles. The van der Waals surface area contributed by atoms with Crippen LogP contribution in [0.5, 0.6) is 0 Å². The van der Waals surface area contributed by atoms with Gasteiger partial charge in [0.15, 0.2) is 0 Å². The quantitative estimate of drug-likeness (QED) is 0.789. The van der Waals surface area contributed by atoms with E-state index < -0.39 is 12.7 Å². The van der Waals surface area contributed by atoms with E-state index in [1.165, 1.54) is 18.2 Å². The molecule has 0 spiro atoms. The van der Waals surface area contributed by atoms with Crippen molar-refractivity contribution in [2.24, 2.45) is 0 Å². The Balaban J connectivity index is 2.63. The first-order chi connectivity index (χ1) is 8.44. The molecule has 1 aromatic heterocycles. The average molecular weight is 274 g/mol. The van der Waals surface area contributed by atoms with Gasteiger partial charge < -0.3 is 4.57 Å². The molecule has 0 atom stereocenters. The number of hydrogen-bond donors (Lipinski definition) is 0. The van der Waals surface area contributed by atoms with Gasteiger partial charge in [0.05, 0.1) is 28.5 Å². The number of hydrogen-bond acceptors (Lipinski definition) is 2. The van der Waals surface area contributed by atoms with E-state index in [4.69, 9.17) is 16.9 Å². The third-order valence-electron chi connectivity index (χ3n) is 2.41. The lowest BCUT2D eigenvalue weighted by Crippen LogP contribution is -2.19. The molecule has 18 heavy (non-hydrogen) atoms. The maximum Gasteiger partial charge on any atom is 0.406 e. The van der Waals surface area contributed by atoms with Crippen molar-refractivity contribution < 1.29 is 13.2 Å². The summed E-state index contributed by atoms with van der Waals surface area (Å²) in [5.74, 6) is 0.0196. The Bertz CT molecular complexity index is 625. The van der Waals surface area contributed by atoms with E-state index in [2.05, 4.69) is 4.98 Å². The SMILES string of the molecule is N#Cc1ccc2nc(CCl)n(CC(F)(F)F)c2c1. The van der Waals surface area contributed by atoms with Gasteiger partial charge in [-0.3, -0.25) is 0 Å². The molecule has 94 valence electrons. The van der Waals surface area contributed by atoms with Crippen LogP contribution >= 0.6 is 11.6 Å². The van der Waals surface area contributed by atoms with Crippen molar-refractivity contribution in [3.05, 3.63) is 29.6 Å². The summed E-state index contributed by atoms with van der Waals surface area (Å²) < 4.78 is 38.5. The Labute approximate surface area is 105 Å². The highest BCUT2D eigenvalue weighted by molar-refractivity contribution is 6.16. The number of benzene rings is 1. The number of aromatic nitrogens is 2. The van der Waals surface area contributed by atoms with E-state index in [9.17, 15) is 13.2 Å². The van der Waals surface area contributed by atoms with Gasteiger partial charge in [0.25, 0.3) is 0 Å². The molecule has 0 aliphatic rings. The number of alkyl halides is 4. The lowest BCUT2D eigenvalue weighted by Gasteiger charge is -2.10. The van der Waals surface area contributed by atoms with Crippen LogP contribution in [0.1, 0.15) is 11.4 Å². The minimum absolute atomic E-state index is 0.118. The summed E-state index contributed by atoms with van der Waals surface area (Å²) in [6, 6.07) is 6.28. The first kappa shape index (κ1) is 12.7. The number of nitrogens with zero attached hydrogens (tertiary/aromatic N) is 3. The minimum Gasteiger partial charge on any atom is -0.318 e. The fraction of sp³-hybridized carbons (Fsp3) is 0.273. The van der Waals surface area contributed by atoms with Gasteiger partial charge in [-0.15, -0.1) is 11.6 Å². The molecule has 0 aliphatic heterocycles. The Morgan fingerprint density at radius 3 is 2.67 bits per heavy atom. The standard InChI is InChI=1S/C11H7ClF3N3/c12-4-10-17-8-2-1-7(5-16)3-9(8)18(10)6-11(13,14)15/h1-3H,4,6H2. The largest absolute Gasteiger partial charge is 0.406 e. The van der Waals surface area contributed by atoms with Crippen molar-refractivity contribution in [3.63, 3.8) is 0 Å². The van der Waals surface area contributed by atoms with E-state index in [-0.39, 0.29) is 22.8 Å². The van der Waals surface area contributed by atoms with Gasteiger partial charge in [-0.25, -0.2) is 4.98 Å². The number of rotatable bonds is 2. The highest BCUT2D eigenvalue weighted by Gasteiger charge is 2.30. The lowest BCUT2D eigenvalue weighted by molar-refractivity contribution is -0.140. The van der Waals surface area contributed by atoms with Gasteiger partial charge in [0, 0.05) is 0 Å². The number of nitriles is 1. The second kappa shape index (κ2) is 4.50. The van der Waals surface area contributed by atoms with Gasteiger partial charge in [-0.2, -0.15) is 18.4 Å². The summed E-state index contributed by atoms with van der Waals surface area (Å²) in [5, 5.41) is 8.76. The molecule has 0 saturated heterocycles. The van der Waals surface area contributed by atoms with Gasteiger partial charge in [-0.05, 0) is 18.2 Å². The number of imidazole rings is 1. The van der Waals surface area contributed by atoms with Gasteiger partial charge in [0.1, 0.15) is 12.4 Å². The molecule has 0 radical (unpaired) electrons. The third-order valence-corrected chi connectivity index (χ3v) is 2.65. The predicted molar refractivity (Wildman–Crippen MR) is 60.1 cm³/mol. The smallest absolute Gasteiger partial charge is 0.318 e. The van der Waals surface area contributed by atoms with Crippen LogP contribution in [-0.2, 0) is 12.4 Å². The van der Waals surface area contributed by atoms with Crippen molar-refractivity contribution in [1.82, 2.24) is 9.55 Å². The van der Waals surface area contributed by atoms with Crippen molar-refractivity contribution in [1.29, 1.82) is 5.26 Å². The molecule has 0 bridgehead atoms. The fourth-order valence-corrected chi connectivity index (χ4v) is 1.90. The summed E-state index contributed by atoms with van der Waals surface area (Å²) in [6.07, 6.45) is -4.36. The molecule has 1 aromatic carbocycles. The number of halogens is 4. The summed E-state index contributed by atoms with van der Waals surface area (Å²) >= 11 is 5.59. The molecule has 2 rings (SSSR count). The van der Waals surface area contributed by atoms with Crippen LogP contribution < -0.4 is 0 Å². The molecule has 7 heteroatoms. The van der Waals surface area contributed by atoms with E-state index in [0.717, 1.165) is 4.57 Å². The monoisotopic (exact) mass is 273 g/mol. The second-order valence-electron chi connectivity index (χ2n) is 3.68. The summed E-state index contributed by atoms with van der Waals surface area (Å²) in [4.78, 5) is 4.01. The lowest BCUT2D eigenvalue weighted by atomic mass is 10.2. The van der Waals surface area contributed by atoms with Gasteiger partial charge >= 0.3 is 6.18 Å². The Morgan fingerprint density at radius 2 is 2.11 bits per heavy atom.